The van der Waals surface area contributed by atoms with E-state index in [1.165, 1.54) is 0 Å². The van der Waals surface area contributed by atoms with Crippen LogP contribution < -0.4 is 5.32 Å². The molecule has 0 unspecified atom stereocenters. The van der Waals surface area contributed by atoms with Crippen LogP contribution in [0.5, 0.6) is 0 Å². The van der Waals surface area contributed by atoms with Gasteiger partial charge >= 0.3 is 0 Å². The topological polar surface area (TPSA) is 85.4 Å². The van der Waals surface area contributed by atoms with Gasteiger partial charge < -0.3 is 14.6 Å². The molecule has 1 aromatic heterocycles. The number of amides is 1. The summed E-state index contributed by atoms with van der Waals surface area (Å²) < 4.78 is 6.02. The first-order chi connectivity index (χ1) is 15.1. The smallest absolute Gasteiger partial charge is 0.273 e. The molecule has 0 atom stereocenters. The van der Waals surface area contributed by atoms with Gasteiger partial charge in [0, 0.05) is 50.4 Å². The van der Waals surface area contributed by atoms with Crippen LogP contribution >= 0.6 is 0 Å². The lowest BCUT2D eigenvalue weighted by Gasteiger charge is -2.32. The molecule has 158 valence electrons. The average molecular weight is 415 g/mol. The number of likely N-dealkylation sites (N-methyl/N-ethyl adjacent to an activating group) is 1. The second-order valence-corrected chi connectivity index (χ2v) is 7.65. The predicted molar refractivity (Wildman–Crippen MR) is 118 cm³/mol. The number of hydrogen-bond donors (Lipinski definition) is 1. The fraction of sp³-hybridized carbons (Fsp3) is 0.292. The summed E-state index contributed by atoms with van der Waals surface area (Å²) in [4.78, 5) is 22.1. The van der Waals surface area contributed by atoms with Crippen molar-refractivity contribution in [1.29, 1.82) is 5.26 Å². The zero-order chi connectivity index (χ0) is 21.6. The van der Waals surface area contributed by atoms with Crippen LogP contribution in [0.4, 0.5) is 0 Å². The van der Waals surface area contributed by atoms with E-state index < -0.39 is 0 Å². The summed E-state index contributed by atoms with van der Waals surface area (Å²) in [5.74, 6) is 0.543. The van der Waals surface area contributed by atoms with Crippen molar-refractivity contribution in [3.63, 3.8) is 0 Å². The van der Waals surface area contributed by atoms with E-state index in [1.54, 1.807) is 24.3 Å². The highest BCUT2D eigenvalue weighted by atomic mass is 16.4. The molecule has 0 saturated carbocycles. The number of carbonyl (C=O) groups is 1. The van der Waals surface area contributed by atoms with Crippen molar-refractivity contribution in [2.24, 2.45) is 0 Å². The molecular weight excluding hydrogens is 390 g/mol. The van der Waals surface area contributed by atoms with Crippen molar-refractivity contribution in [1.82, 2.24) is 20.1 Å². The number of nitrogens with zero attached hydrogens (tertiary/aromatic N) is 4. The van der Waals surface area contributed by atoms with Crippen molar-refractivity contribution < 1.29 is 9.21 Å². The summed E-state index contributed by atoms with van der Waals surface area (Å²) in [5.41, 5.74) is 2.33. The zero-order valence-electron chi connectivity index (χ0n) is 17.5. The van der Waals surface area contributed by atoms with Crippen molar-refractivity contribution in [2.45, 2.75) is 0 Å². The molecule has 2 aromatic carbocycles. The molecule has 1 amide bonds. The molecule has 4 rings (SSSR count). The van der Waals surface area contributed by atoms with Gasteiger partial charge in [0.15, 0.2) is 11.5 Å². The molecule has 1 aliphatic heterocycles. The summed E-state index contributed by atoms with van der Waals surface area (Å²) >= 11 is 0. The van der Waals surface area contributed by atoms with Gasteiger partial charge in [-0.05, 0) is 31.3 Å². The van der Waals surface area contributed by atoms with E-state index in [4.69, 9.17) is 9.68 Å². The van der Waals surface area contributed by atoms with Crippen LogP contribution in [-0.4, -0.2) is 67.0 Å². The van der Waals surface area contributed by atoms with E-state index in [0.717, 1.165) is 38.3 Å². The minimum atomic E-state index is -0.253. The fourth-order valence-corrected chi connectivity index (χ4v) is 3.55. The molecule has 0 spiro atoms. The van der Waals surface area contributed by atoms with Crippen LogP contribution in [0.2, 0.25) is 0 Å². The van der Waals surface area contributed by atoms with Crippen molar-refractivity contribution in [2.75, 3.05) is 46.3 Å². The number of aromatic nitrogens is 1. The Kier molecular flexibility index (Phi) is 6.41. The quantitative estimate of drug-likeness (QED) is 0.666. The Bertz CT molecular complexity index is 1060. The number of nitriles is 1. The van der Waals surface area contributed by atoms with E-state index >= 15 is 0 Å². The second kappa shape index (κ2) is 9.56. The van der Waals surface area contributed by atoms with Gasteiger partial charge in [-0.15, -0.1) is 0 Å². The van der Waals surface area contributed by atoms with Gasteiger partial charge in [-0.25, -0.2) is 4.98 Å². The third-order valence-electron chi connectivity index (χ3n) is 5.45. The highest BCUT2D eigenvalue weighted by Gasteiger charge is 2.22. The van der Waals surface area contributed by atoms with Gasteiger partial charge in [0.2, 0.25) is 5.89 Å². The highest BCUT2D eigenvalue weighted by molar-refractivity contribution is 5.98. The molecule has 3 aromatic rings. The number of carbonyl (C=O) groups excluding carboxylic acids is 1. The summed E-state index contributed by atoms with van der Waals surface area (Å²) in [6.45, 7) is 5.46. The van der Waals surface area contributed by atoms with Crippen molar-refractivity contribution in [3.8, 4) is 28.8 Å². The number of oxazole rings is 1. The minimum Gasteiger partial charge on any atom is -0.435 e. The van der Waals surface area contributed by atoms with Crippen LogP contribution in [0.15, 0.2) is 59.0 Å². The lowest BCUT2D eigenvalue weighted by molar-refractivity contribution is 0.0937. The third-order valence-corrected chi connectivity index (χ3v) is 5.45. The lowest BCUT2D eigenvalue weighted by Crippen LogP contribution is -2.46. The Morgan fingerprint density at radius 1 is 1.06 bits per heavy atom. The van der Waals surface area contributed by atoms with Gasteiger partial charge in [-0.2, -0.15) is 5.26 Å². The SMILES string of the molecule is CN1CCN(CCNC(=O)c2nc(-c3ccc(C#N)cc3)oc2-c2ccccc2)CC1. The molecular formula is C24H25N5O2. The van der Waals surface area contributed by atoms with E-state index in [-0.39, 0.29) is 11.6 Å². The van der Waals surface area contributed by atoms with Crippen molar-refractivity contribution in [3.05, 3.63) is 65.9 Å². The molecule has 0 radical (unpaired) electrons. The standard InChI is InChI=1S/C24H25N5O2/c1-28-13-15-29(16-14-28)12-11-26-23(30)21-22(19-5-3-2-4-6-19)31-24(27-21)20-9-7-18(17-25)8-10-20/h2-10H,11-16H2,1H3,(H,26,30). The molecule has 7 heteroatoms. The molecule has 2 heterocycles. The molecule has 7 nitrogen and oxygen atoms in total. The Hall–Kier alpha value is -3.47. The monoisotopic (exact) mass is 415 g/mol. The molecule has 0 bridgehead atoms. The maximum atomic E-state index is 13.0. The number of nitrogens with one attached hydrogen (secondary N) is 1. The molecule has 1 aliphatic rings. The maximum absolute atomic E-state index is 13.0. The minimum absolute atomic E-state index is 0.253. The summed E-state index contributed by atoms with van der Waals surface area (Å²) in [5, 5.41) is 12.0. The van der Waals surface area contributed by atoms with E-state index in [0.29, 0.717) is 29.3 Å². The fourth-order valence-electron chi connectivity index (χ4n) is 3.55. The average Bonchev–Trinajstić information content (AvgIpc) is 3.27. The molecule has 1 N–H and O–H groups in total. The van der Waals surface area contributed by atoms with Crippen LogP contribution in [0.3, 0.4) is 0 Å². The van der Waals surface area contributed by atoms with Gasteiger partial charge in [-0.3, -0.25) is 9.69 Å². The van der Waals surface area contributed by atoms with Crippen molar-refractivity contribution >= 4 is 5.91 Å². The van der Waals surface area contributed by atoms with Crippen LogP contribution in [0.1, 0.15) is 16.1 Å². The Balaban J connectivity index is 1.52. The number of hydrogen-bond acceptors (Lipinski definition) is 6. The summed E-state index contributed by atoms with van der Waals surface area (Å²) in [6, 6.07) is 18.5. The number of rotatable bonds is 6. The molecule has 1 saturated heterocycles. The van der Waals surface area contributed by atoms with Crippen LogP contribution in [0, 0.1) is 11.3 Å². The number of piperazine rings is 1. The zero-order valence-corrected chi connectivity index (χ0v) is 17.5. The summed E-state index contributed by atoms with van der Waals surface area (Å²) in [7, 11) is 2.13. The Labute approximate surface area is 181 Å². The first-order valence-electron chi connectivity index (χ1n) is 10.4. The first-order valence-corrected chi connectivity index (χ1v) is 10.4. The molecule has 0 aliphatic carbocycles. The van der Waals surface area contributed by atoms with E-state index in [2.05, 4.69) is 33.2 Å². The van der Waals surface area contributed by atoms with Gasteiger partial charge in [0.05, 0.1) is 11.6 Å². The van der Waals surface area contributed by atoms with E-state index in [9.17, 15) is 4.79 Å². The largest absolute Gasteiger partial charge is 0.435 e. The Morgan fingerprint density at radius 2 is 1.77 bits per heavy atom. The molecule has 1 fully saturated rings. The predicted octanol–water partition coefficient (Wildman–Crippen LogP) is 2.86. The Morgan fingerprint density at radius 3 is 2.45 bits per heavy atom. The summed E-state index contributed by atoms with van der Waals surface area (Å²) in [6.07, 6.45) is 0. The van der Waals surface area contributed by atoms with Crippen LogP contribution in [-0.2, 0) is 0 Å². The van der Waals surface area contributed by atoms with Gasteiger partial charge in [0.1, 0.15) is 0 Å². The normalized spacial score (nSPS) is 14.8. The first kappa shape index (κ1) is 20.8. The van der Waals surface area contributed by atoms with Crippen LogP contribution in [0.25, 0.3) is 22.8 Å². The maximum Gasteiger partial charge on any atom is 0.273 e. The lowest BCUT2D eigenvalue weighted by atomic mass is 10.1. The second-order valence-electron chi connectivity index (χ2n) is 7.65. The molecule has 31 heavy (non-hydrogen) atoms. The van der Waals surface area contributed by atoms with Gasteiger partial charge in [-0.1, -0.05) is 30.3 Å². The van der Waals surface area contributed by atoms with E-state index in [1.807, 2.05) is 30.3 Å². The highest BCUT2D eigenvalue weighted by Crippen LogP contribution is 2.30. The third kappa shape index (κ3) is 5.00. The van der Waals surface area contributed by atoms with Gasteiger partial charge in [0.25, 0.3) is 5.91 Å². The number of benzene rings is 2.